The van der Waals surface area contributed by atoms with E-state index >= 15 is 0 Å². The number of nitrogens with two attached hydrogens (primary N) is 1. The highest BCUT2D eigenvalue weighted by atomic mass is 16.6. The second-order valence-electron chi connectivity index (χ2n) is 7.68. The monoisotopic (exact) mass is 336 g/mol. The number of rotatable bonds is 4. The summed E-state index contributed by atoms with van der Waals surface area (Å²) in [5.74, 6) is -0.518. The van der Waals surface area contributed by atoms with Crippen LogP contribution >= 0.6 is 0 Å². The molecule has 1 aromatic rings. The number of amides is 1. The van der Waals surface area contributed by atoms with Crippen LogP contribution in [0.5, 0.6) is 0 Å². The third-order valence-electron chi connectivity index (χ3n) is 2.77. The van der Waals surface area contributed by atoms with Crippen LogP contribution in [0.2, 0.25) is 0 Å². The van der Waals surface area contributed by atoms with Crippen LogP contribution in [0.3, 0.4) is 0 Å². The second kappa shape index (κ2) is 7.55. The van der Waals surface area contributed by atoms with Gasteiger partial charge < -0.3 is 20.5 Å². The summed E-state index contributed by atoms with van der Waals surface area (Å²) in [6, 6.07) is 6.29. The maximum absolute atomic E-state index is 12.4. The number of ether oxygens (including phenoxy) is 2. The zero-order valence-corrected chi connectivity index (χ0v) is 15.3. The van der Waals surface area contributed by atoms with Gasteiger partial charge in [0, 0.05) is 12.1 Å². The molecule has 0 spiro atoms. The normalized spacial score (nSPS) is 13.1. The number of nitrogens with one attached hydrogen (secondary N) is 1. The molecular weight excluding hydrogens is 308 g/mol. The molecule has 134 valence electrons. The van der Waals surface area contributed by atoms with Gasteiger partial charge in [0.15, 0.2) is 0 Å². The van der Waals surface area contributed by atoms with Crippen molar-refractivity contribution in [3.8, 4) is 0 Å². The molecule has 1 amide bonds. The van der Waals surface area contributed by atoms with E-state index in [1.54, 1.807) is 59.7 Å². The first-order valence-electron chi connectivity index (χ1n) is 7.92. The number of alkyl carbamates (subject to hydrolysis) is 1. The fourth-order valence-electron chi connectivity index (χ4n) is 1.97. The van der Waals surface area contributed by atoms with Crippen molar-refractivity contribution in [2.75, 3.05) is 5.73 Å². The lowest BCUT2D eigenvalue weighted by Gasteiger charge is -2.26. The van der Waals surface area contributed by atoms with Crippen molar-refractivity contribution < 1.29 is 19.1 Å². The number of carbonyl (C=O) groups excluding carboxylic acids is 2. The molecule has 24 heavy (non-hydrogen) atoms. The van der Waals surface area contributed by atoms with Gasteiger partial charge in [-0.05, 0) is 59.2 Å². The van der Waals surface area contributed by atoms with Gasteiger partial charge in [0.2, 0.25) is 0 Å². The molecule has 0 bridgehead atoms. The number of esters is 1. The standard InChI is InChI=1S/C18H28N2O4/c1-17(2,3)23-15(21)14(20-16(22)24-18(4,5)6)11-12-8-7-9-13(19)10-12/h7-10,14H,11,19H2,1-6H3,(H,20,22). The Hall–Kier alpha value is -2.24. The zero-order chi connectivity index (χ0) is 18.5. The molecule has 0 fully saturated rings. The molecule has 1 unspecified atom stereocenters. The Balaban J connectivity index is 2.90. The third kappa shape index (κ3) is 7.85. The van der Waals surface area contributed by atoms with E-state index < -0.39 is 29.3 Å². The van der Waals surface area contributed by atoms with Gasteiger partial charge in [-0.2, -0.15) is 0 Å². The smallest absolute Gasteiger partial charge is 0.408 e. The fourth-order valence-corrected chi connectivity index (χ4v) is 1.97. The highest BCUT2D eigenvalue weighted by Gasteiger charge is 2.28. The largest absolute Gasteiger partial charge is 0.458 e. The Morgan fingerprint density at radius 2 is 1.67 bits per heavy atom. The van der Waals surface area contributed by atoms with E-state index in [-0.39, 0.29) is 6.42 Å². The Bertz CT molecular complexity index is 585. The summed E-state index contributed by atoms with van der Waals surface area (Å²) in [6.45, 7) is 10.6. The lowest BCUT2D eigenvalue weighted by molar-refractivity contribution is -0.157. The minimum absolute atomic E-state index is 0.263. The Kier molecular flexibility index (Phi) is 6.23. The minimum Gasteiger partial charge on any atom is -0.458 e. The van der Waals surface area contributed by atoms with Gasteiger partial charge in [-0.1, -0.05) is 12.1 Å². The Morgan fingerprint density at radius 1 is 1.08 bits per heavy atom. The molecule has 0 aliphatic carbocycles. The molecule has 6 nitrogen and oxygen atoms in total. The average Bonchev–Trinajstić information content (AvgIpc) is 2.33. The first kappa shape index (κ1) is 19.8. The van der Waals surface area contributed by atoms with Gasteiger partial charge in [-0.3, -0.25) is 0 Å². The maximum atomic E-state index is 12.4. The molecule has 0 radical (unpaired) electrons. The average molecular weight is 336 g/mol. The van der Waals surface area contributed by atoms with Crippen molar-refractivity contribution in [2.24, 2.45) is 0 Å². The molecule has 1 aromatic carbocycles. The molecule has 0 aliphatic heterocycles. The Labute approximate surface area is 143 Å². The van der Waals surface area contributed by atoms with Crippen molar-refractivity contribution in [3.63, 3.8) is 0 Å². The molecule has 0 heterocycles. The fraction of sp³-hybridized carbons (Fsp3) is 0.556. The molecule has 0 saturated heterocycles. The summed E-state index contributed by atoms with van der Waals surface area (Å²) in [5, 5.41) is 2.59. The van der Waals surface area contributed by atoms with Gasteiger partial charge in [0.1, 0.15) is 17.2 Å². The van der Waals surface area contributed by atoms with Gasteiger partial charge in [0.25, 0.3) is 0 Å². The maximum Gasteiger partial charge on any atom is 0.408 e. The number of carbonyl (C=O) groups is 2. The minimum atomic E-state index is -0.860. The molecule has 1 atom stereocenters. The van der Waals surface area contributed by atoms with Crippen LogP contribution in [0.4, 0.5) is 10.5 Å². The molecule has 0 aromatic heterocycles. The number of benzene rings is 1. The summed E-state index contributed by atoms with van der Waals surface area (Å²) in [4.78, 5) is 24.5. The first-order chi connectivity index (χ1) is 10.9. The van der Waals surface area contributed by atoms with E-state index in [0.29, 0.717) is 5.69 Å². The van der Waals surface area contributed by atoms with Gasteiger partial charge in [0.05, 0.1) is 0 Å². The van der Waals surface area contributed by atoms with Gasteiger partial charge in [-0.15, -0.1) is 0 Å². The molecule has 1 rings (SSSR count). The van der Waals surface area contributed by atoms with Crippen LogP contribution < -0.4 is 11.1 Å². The summed E-state index contributed by atoms with van der Waals surface area (Å²) < 4.78 is 10.6. The van der Waals surface area contributed by atoms with Crippen LogP contribution in [0.15, 0.2) is 24.3 Å². The molecule has 0 aliphatic rings. The summed E-state index contributed by atoms with van der Waals surface area (Å²) in [7, 11) is 0. The summed E-state index contributed by atoms with van der Waals surface area (Å²) in [5.41, 5.74) is 5.88. The van der Waals surface area contributed by atoms with E-state index in [4.69, 9.17) is 15.2 Å². The van der Waals surface area contributed by atoms with Crippen LogP contribution in [0.25, 0.3) is 0 Å². The van der Waals surface area contributed by atoms with Crippen LogP contribution in [0, 0.1) is 0 Å². The Morgan fingerprint density at radius 3 is 2.17 bits per heavy atom. The van der Waals surface area contributed by atoms with E-state index in [1.807, 2.05) is 6.07 Å². The van der Waals surface area contributed by atoms with Gasteiger partial charge >= 0.3 is 12.1 Å². The van der Waals surface area contributed by atoms with Crippen LogP contribution in [0.1, 0.15) is 47.1 Å². The van der Waals surface area contributed by atoms with Gasteiger partial charge in [-0.25, -0.2) is 9.59 Å². The number of hydrogen-bond donors (Lipinski definition) is 2. The molecule has 6 heteroatoms. The number of anilines is 1. The highest BCUT2D eigenvalue weighted by molar-refractivity contribution is 5.82. The van der Waals surface area contributed by atoms with E-state index in [1.165, 1.54) is 0 Å². The predicted octanol–water partition coefficient (Wildman–Crippen LogP) is 3.05. The first-order valence-corrected chi connectivity index (χ1v) is 7.92. The molecular formula is C18H28N2O4. The second-order valence-corrected chi connectivity index (χ2v) is 7.68. The predicted molar refractivity (Wildman–Crippen MR) is 93.6 cm³/mol. The van der Waals surface area contributed by atoms with Crippen molar-refractivity contribution in [1.82, 2.24) is 5.32 Å². The zero-order valence-electron chi connectivity index (χ0n) is 15.3. The van der Waals surface area contributed by atoms with E-state index in [9.17, 15) is 9.59 Å². The quantitative estimate of drug-likeness (QED) is 0.651. The highest BCUT2D eigenvalue weighted by Crippen LogP contribution is 2.14. The SMILES string of the molecule is CC(C)(C)OC(=O)NC(Cc1cccc(N)c1)C(=O)OC(C)(C)C. The van der Waals surface area contributed by atoms with E-state index in [2.05, 4.69) is 5.32 Å². The summed E-state index contributed by atoms with van der Waals surface area (Å²) in [6.07, 6.45) is -0.401. The van der Waals surface area contributed by atoms with Crippen molar-refractivity contribution in [3.05, 3.63) is 29.8 Å². The van der Waals surface area contributed by atoms with Crippen molar-refractivity contribution in [1.29, 1.82) is 0 Å². The molecule has 3 N–H and O–H groups in total. The van der Waals surface area contributed by atoms with Crippen LogP contribution in [-0.2, 0) is 20.7 Å². The lowest BCUT2D eigenvalue weighted by atomic mass is 10.0. The lowest BCUT2D eigenvalue weighted by Crippen LogP contribution is -2.47. The topological polar surface area (TPSA) is 90.6 Å². The van der Waals surface area contributed by atoms with E-state index in [0.717, 1.165) is 5.56 Å². The van der Waals surface area contributed by atoms with Crippen molar-refractivity contribution in [2.45, 2.75) is 65.2 Å². The number of nitrogen functional groups attached to an aromatic ring is 1. The number of hydrogen-bond acceptors (Lipinski definition) is 5. The van der Waals surface area contributed by atoms with Crippen LogP contribution in [-0.4, -0.2) is 29.3 Å². The third-order valence-corrected chi connectivity index (χ3v) is 2.77. The van der Waals surface area contributed by atoms with Crippen molar-refractivity contribution >= 4 is 17.7 Å². The molecule has 0 saturated carbocycles. The summed E-state index contributed by atoms with van der Waals surface area (Å²) >= 11 is 0.